The zero-order valence-corrected chi connectivity index (χ0v) is 11.9. The van der Waals surface area contributed by atoms with Crippen molar-refractivity contribution in [3.8, 4) is 0 Å². The molecule has 0 aliphatic carbocycles. The van der Waals surface area contributed by atoms with Crippen molar-refractivity contribution in [2.24, 2.45) is 0 Å². The Morgan fingerprint density at radius 2 is 2.05 bits per heavy atom. The number of ether oxygens (including phenoxy) is 1. The van der Waals surface area contributed by atoms with Crippen molar-refractivity contribution in [1.82, 2.24) is 10.6 Å². The van der Waals surface area contributed by atoms with Gasteiger partial charge in [0.05, 0.1) is 12.1 Å². The monoisotopic (exact) mass is 294 g/mol. The molecule has 1 aliphatic heterocycles. The highest BCUT2D eigenvalue weighted by molar-refractivity contribution is 6.35. The summed E-state index contributed by atoms with van der Waals surface area (Å²) in [4.78, 5) is 23.4. The molecule has 2 N–H and O–H groups in total. The first-order valence-electron chi connectivity index (χ1n) is 7.02. The Labute approximate surface area is 122 Å². The van der Waals surface area contributed by atoms with Crippen LogP contribution in [0.2, 0.25) is 0 Å². The summed E-state index contributed by atoms with van der Waals surface area (Å²) in [6.45, 7) is 2.78. The second-order valence-corrected chi connectivity index (χ2v) is 5.09. The summed E-state index contributed by atoms with van der Waals surface area (Å²) in [5.74, 6) is -1.73. The number of carbonyl (C=O) groups excluding carboxylic acids is 2. The minimum Gasteiger partial charge on any atom is -0.376 e. The van der Waals surface area contributed by atoms with E-state index in [4.69, 9.17) is 4.74 Å². The third-order valence-corrected chi connectivity index (χ3v) is 3.44. The Balaban J connectivity index is 1.79. The van der Waals surface area contributed by atoms with Gasteiger partial charge in [-0.05, 0) is 37.5 Å². The Morgan fingerprint density at radius 3 is 2.67 bits per heavy atom. The Kier molecular flexibility index (Phi) is 5.27. The Morgan fingerprint density at radius 1 is 1.33 bits per heavy atom. The van der Waals surface area contributed by atoms with E-state index in [0.717, 1.165) is 18.4 Å². The fourth-order valence-electron chi connectivity index (χ4n) is 2.19. The molecule has 2 rings (SSSR count). The van der Waals surface area contributed by atoms with Gasteiger partial charge < -0.3 is 15.4 Å². The van der Waals surface area contributed by atoms with E-state index in [1.165, 1.54) is 12.1 Å². The van der Waals surface area contributed by atoms with Gasteiger partial charge in [-0.3, -0.25) is 9.59 Å². The van der Waals surface area contributed by atoms with Gasteiger partial charge in [-0.15, -0.1) is 0 Å². The maximum atomic E-state index is 12.8. The molecule has 0 unspecified atom stereocenters. The van der Waals surface area contributed by atoms with E-state index in [1.807, 2.05) is 0 Å². The second-order valence-electron chi connectivity index (χ2n) is 5.09. The lowest BCUT2D eigenvalue weighted by Gasteiger charge is -2.15. The molecule has 114 valence electrons. The fraction of sp³-hybridized carbons (Fsp3) is 0.467. The number of benzene rings is 1. The fourth-order valence-corrected chi connectivity index (χ4v) is 2.19. The molecular formula is C15H19FN2O3. The van der Waals surface area contributed by atoms with Gasteiger partial charge in [-0.2, -0.15) is 0 Å². The molecular weight excluding hydrogens is 275 g/mol. The molecule has 1 fully saturated rings. The van der Waals surface area contributed by atoms with E-state index in [-0.39, 0.29) is 18.0 Å². The highest BCUT2D eigenvalue weighted by Gasteiger charge is 2.20. The van der Waals surface area contributed by atoms with E-state index >= 15 is 0 Å². The van der Waals surface area contributed by atoms with Gasteiger partial charge >= 0.3 is 11.8 Å². The predicted molar refractivity (Wildman–Crippen MR) is 74.9 cm³/mol. The molecule has 0 saturated carbocycles. The van der Waals surface area contributed by atoms with E-state index in [2.05, 4.69) is 10.6 Å². The molecule has 2 amide bonds. The summed E-state index contributed by atoms with van der Waals surface area (Å²) in [6, 6.07) is 5.41. The molecule has 0 aromatic heterocycles. The van der Waals surface area contributed by atoms with Gasteiger partial charge in [0, 0.05) is 13.2 Å². The number of carbonyl (C=O) groups is 2. The molecule has 5 nitrogen and oxygen atoms in total. The van der Waals surface area contributed by atoms with Gasteiger partial charge in [-0.25, -0.2) is 4.39 Å². The number of halogens is 1. The van der Waals surface area contributed by atoms with Crippen LogP contribution in [0.4, 0.5) is 4.39 Å². The maximum Gasteiger partial charge on any atom is 0.309 e. The Bertz CT molecular complexity index is 498. The maximum absolute atomic E-state index is 12.8. The van der Waals surface area contributed by atoms with Crippen molar-refractivity contribution in [2.45, 2.75) is 31.9 Å². The first-order chi connectivity index (χ1) is 10.1. The third kappa shape index (κ3) is 4.53. The number of rotatable bonds is 4. The van der Waals surface area contributed by atoms with Crippen molar-refractivity contribution >= 4 is 11.8 Å². The third-order valence-electron chi connectivity index (χ3n) is 3.44. The summed E-state index contributed by atoms with van der Waals surface area (Å²) in [7, 11) is 0. The van der Waals surface area contributed by atoms with Crippen molar-refractivity contribution in [1.29, 1.82) is 0 Å². The molecule has 1 aliphatic rings. The van der Waals surface area contributed by atoms with Crippen LogP contribution in [0.15, 0.2) is 24.3 Å². The van der Waals surface area contributed by atoms with Gasteiger partial charge in [-0.1, -0.05) is 12.1 Å². The molecule has 2 atom stereocenters. The highest BCUT2D eigenvalue weighted by Crippen LogP contribution is 2.13. The normalized spacial score (nSPS) is 19.0. The molecule has 0 radical (unpaired) electrons. The van der Waals surface area contributed by atoms with Crippen LogP contribution >= 0.6 is 0 Å². The molecule has 1 aromatic carbocycles. The molecule has 1 aromatic rings. The van der Waals surface area contributed by atoms with Crippen molar-refractivity contribution < 1.29 is 18.7 Å². The lowest BCUT2D eigenvalue weighted by molar-refractivity contribution is -0.139. The van der Waals surface area contributed by atoms with Crippen molar-refractivity contribution in [2.75, 3.05) is 13.2 Å². The van der Waals surface area contributed by atoms with Crippen molar-refractivity contribution in [3.05, 3.63) is 35.6 Å². The summed E-state index contributed by atoms with van der Waals surface area (Å²) < 4.78 is 18.2. The smallest absolute Gasteiger partial charge is 0.309 e. The van der Waals surface area contributed by atoms with E-state index < -0.39 is 11.8 Å². The number of amides is 2. The molecule has 0 spiro atoms. The van der Waals surface area contributed by atoms with Crippen LogP contribution in [-0.4, -0.2) is 31.1 Å². The van der Waals surface area contributed by atoms with Crippen LogP contribution in [0.5, 0.6) is 0 Å². The summed E-state index contributed by atoms with van der Waals surface area (Å²) in [5, 5.41) is 5.13. The van der Waals surface area contributed by atoms with Gasteiger partial charge in [0.25, 0.3) is 0 Å². The standard InChI is InChI=1S/C15H19FN2O3/c1-10(11-4-6-12(16)7-5-11)18-15(20)14(19)17-9-13-3-2-8-21-13/h4-7,10,13H,2-3,8-9H2,1H3,(H,17,19)(H,18,20)/t10-,13+/m1/s1. The predicted octanol–water partition coefficient (Wildman–Crippen LogP) is 1.30. The highest BCUT2D eigenvalue weighted by atomic mass is 19.1. The quantitative estimate of drug-likeness (QED) is 0.823. The number of hydrogen-bond acceptors (Lipinski definition) is 3. The number of hydrogen-bond donors (Lipinski definition) is 2. The zero-order valence-electron chi connectivity index (χ0n) is 11.9. The average molecular weight is 294 g/mol. The molecule has 6 heteroatoms. The summed E-state index contributed by atoms with van der Waals surface area (Å²) in [5.41, 5.74) is 0.733. The van der Waals surface area contributed by atoms with Gasteiger partial charge in [0.1, 0.15) is 5.82 Å². The van der Waals surface area contributed by atoms with Gasteiger partial charge in [0.15, 0.2) is 0 Å². The first kappa shape index (κ1) is 15.4. The van der Waals surface area contributed by atoms with Gasteiger partial charge in [0.2, 0.25) is 0 Å². The molecule has 21 heavy (non-hydrogen) atoms. The minimum atomic E-state index is -0.704. The van der Waals surface area contributed by atoms with E-state index in [9.17, 15) is 14.0 Å². The van der Waals surface area contributed by atoms with Crippen LogP contribution in [0, 0.1) is 5.82 Å². The van der Waals surface area contributed by atoms with Crippen LogP contribution in [0.25, 0.3) is 0 Å². The van der Waals surface area contributed by atoms with Crippen LogP contribution in [0.3, 0.4) is 0 Å². The molecule has 1 heterocycles. The molecule has 1 saturated heterocycles. The minimum absolute atomic E-state index is 0.00345. The van der Waals surface area contributed by atoms with Crippen LogP contribution in [-0.2, 0) is 14.3 Å². The van der Waals surface area contributed by atoms with Crippen LogP contribution in [0.1, 0.15) is 31.4 Å². The van der Waals surface area contributed by atoms with Crippen molar-refractivity contribution in [3.63, 3.8) is 0 Å². The summed E-state index contributed by atoms with van der Waals surface area (Å²) >= 11 is 0. The first-order valence-corrected chi connectivity index (χ1v) is 7.02. The second kappa shape index (κ2) is 7.17. The lowest BCUT2D eigenvalue weighted by Crippen LogP contribution is -2.43. The van der Waals surface area contributed by atoms with E-state index in [0.29, 0.717) is 13.2 Å². The zero-order chi connectivity index (χ0) is 15.2. The SMILES string of the molecule is C[C@@H](NC(=O)C(=O)NC[C@@H]1CCCO1)c1ccc(F)cc1. The Hall–Kier alpha value is -1.95. The summed E-state index contributed by atoms with van der Waals surface area (Å²) in [6.07, 6.45) is 1.87. The number of nitrogens with one attached hydrogen (secondary N) is 2. The largest absolute Gasteiger partial charge is 0.376 e. The average Bonchev–Trinajstić information content (AvgIpc) is 2.98. The van der Waals surface area contributed by atoms with Crippen LogP contribution < -0.4 is 10.6 Å². The lowest BCUT2D eigenvalue weighted by atomic mass is 10.1. The topological polar surface area (TPSA) is 67.4 Å². The van der Waals surface area contributed by atoms with E-state index in [1.54, 1.807) is 19.1 Å². The molecule has 0 bridgehead atoms.